The summed E-state index contributed by atoms with van der Waals surface area (Å²) in [6.45, 7) is 3.64. The maximum Gasteiger partial charge on any atom is 0.243 e. The quantitative estimate of drug-likeness (QED) is 0.848. The molecule has 1 atom stereocenters. The third-order valence-electron chi connectivity index (χ3n) is 5.21. The van der Waals surface area contributed by atoms with Crippen LogP contribution in [0, 0.1) is 5.92 Å². The summed E-state index contributed by atoms with van der Waals surface area (Å²) in [6.07, 6.45) is 4.64. The summed E-state index contributed by atoms with van der Waals surface area (Å²) in [6, 6.07) is 6.15. The van der Waals surface area contributed by atoms with Gasteiger partial charge in [0, 0.05) is 38.8 Å². The maximum absolute atomic E-state index is 13.0. The number of anilines is 1. The zero-order valence-corrected chi connectivity index (χ0v) is 16.5. The van der Waals surface area contributed by atoms with Crippen molar-refractivity contribution in [2.24, 2.45) is 5.92 Å². The van der Waals surface area contributed by atoms with E-state index in [1.165, 1.54) is 23.4 Å². The Bertz CT molecular complexity index is 786. The van der Waals surface area contributed by atoms with Gasteiger partial charge in [0.25, 0.3) is 0 Å². The van der Waals surface area contributed by atoms with E-state index >= 15 is 0 Å². The van der Waals surface area contributed by atoms with Gasteiger partial charge in [-0.1, -0.05) is 0 Å². The molecule has 2 heterocycles. The highest BCUT2D eigenvalue weighted by molar-refractivity contribution is 7.89. The molecule has 2 amide bonds. The molecule has 2 saturated heterocycles. The summed E-state index contributed by atoms with van der Waals surface area (Å²) >= 11 is 0. The normalized spacial score (nSPS) is 21.7. The fourth-order valence-corrected chi connectivity index (χ4v) is 5.32. The lowest BCUT2D eigenvalue weighted by molar-refractivity contribution is -0.137. The van der Waals surface area contributed by atoms with Gasteiger partial charge >= 0.3 is 0 Å². The van der Waals surface area contributed by atoms with Gasteiger partial charge in [-0.25, -0.2) is 8.42 Å². The lowest BCUT2D eigenvalue weighted by atomic mass is 9.97. The topological polar surface area (TPSA) is 86.8 Å². The molecule has 0 radical (unpaired) electrons. The second-order valence-corrected chi connectivity index (χ2v) is 9.23. The standard InChI is InChI=1S/C19H27N3O4S/c1-15(23)20-17-7-9-18(10-8-17)27(25,26)22-13-5-6-16(14-22)19(24)21-11-3-2-4-12-21/h7-10,16H,2-6,11-14H2,1H3,(H,20,23)/t16-/m0/s1. The smallest absolute Gasteiger partial charge is 0.243 e. The molecule has 3 rings (SSSR count). The van der Waals surface area contributed by atoms with Crippen molar-refractivity contribution in [3.63, 3.8) is 0 Å². The van der Waals surface area contributed by atoms with Crippen molar-refractivity contribution in [2.45, 2.75) is 43.9 Å². The molecule has 1 aromatic carbocycles. The molecule has 0 aliphatic carbocycles. The number of carbonyl (C=O) groups is 2. The fraction of sp³-hybridized carbons (Fsp3) is 0.579. The van der Waals surface area contributed by atoms with Crippen molar-refractivity contribution in [2.75, 3.05) is 31.5 Å². The Balaban J connectivity index is 1.70. The van der Waals surface area contributed by atoms with Gasteiger partial charge in [0.15, 0.2) is 0 Å². The van der Waals surface area contributed by atoms with E-state index < -0.39 is 10.0 Å². The van der Waals surface area contributed by atoms with E-state index in [0.717, 1.165) is 38.8 Å². The Morgan fingerprint density at radius 3 is 2.30 bits per heavy atom. The third-order valence-corrected chi connectivity index (χ3v) is 7.09. The van der Waals surface area contributed by atoms with Crippen molar-refractivity contribution in [3.8, 4) is 0 Å². The van der Waals surface area contributed by atoms with E-state index in [0.29, 0.717) is 18.7 Å². The van der Waals surface area contributed by atoms with Crippen molar-refractivity contribution >= 4 is 27.5 Å². The number of piperidine rings is 2. The Labute approximate surface area is 160 Å². The predicted molar refractivity (Wildman–Crippen MR) is 103 cm³/mol. The van der Waals surface area contributed by atoms with Crippen LogP contribution in [-0.2, 0) is 19.6 Å². The van der Waals surface area contributed by atoms with Gasteiger partial charge in [0.05, 0.1) is 10.8 Å². The molecule has 148 valence electrons. The predicted octanol–water partition coefficient (Wildman–Crippen LogP) is 2.06. The van der Waals surface area contributed by atoms with Crippen LogP contribution < -0.4 is 5.32 Å². The van der Waals surface area contributed by atoms with Gasteiger partial charge in [-0.05, 0) is 56.4 Å². The molecule has 1 N–H and O–H groups in total. The molecule has 0 spiro atoms. The summed E-state index contributed by atoms with van der Waals surface area (Å²) in [5.41, 5.74) is 0.554. The minimum atomic E-state index is -3.65. The second kappa shape index (κ2) is 8.39. The Kier molecular flexibility index (Phi) is 6.16. The van der Waals surface area contributed by atoms with Gasteiger partial charge in [0.2, 0.25) is 21.8 Å². The Morgan fingerprint density at radius 2 is 1.67 bits per heavy atom. The number of amides is 2. The number of likely N-dealkylation sites (tertiary alicyclic amines) is 1. The largest absolute Gasteiger partial charge is 0.342 e. The van der Waals surface area contributed by atoms with Crippen LogP contribution in [0.15, 0.2) is 29.2 Å². The van der Waals surface area contributed by atoms with E-state index in [1.54, 1.807) is 12.1 Å². The number of nitrogens with one attached hydrogen (secondary N) is 1. The van der Waals surface area contributed by atoms with E-state index in [4.69, 9.17) is 0 Å². The third kappa shape index (κ3) is 4.68. The highest BCUT2D eigenvalue weighted by Crippen LogP contribution is 2.26. The number of hydrogen-bond acceptors (Lipinski definition) is 4. The average molecular weight is 394 g/mol. The summed E-state index contributed by atoms with van der Waals surface area (Å²) in [4.78, 5) is 26.0. The first kappa shape index (κ1) is 19.8. The first-order valence-corrected chi connectivity index (χ1v) is 11.0. The van der Waals surface area contributed by atoms with Gasteiger partial charge in [-0.15, -0.1) is 0 Å². The molecule has 27 heavy (non-hydrogen) atoms. The van der Waals surface area contributed by atoms with Crippen LogP contribution in [0.5, 0.6) is 0 Å². The van der Waals surface area contributed by atoms with Crippen LogP contribution in [0.1, 0.15) is 39.0 Å². The van der Waals surface area contributed by atoms with E-state index in [2.05, 4.69) is 5.32 Å². The van der Waals surface area contributed by atoms with Crippen LogP contribution in [0.25, 0.3) is 0 Å². The maximum atomic E-state index is 13.0. The van der Waals surface area contributed by atoms with Gasteiger partial charge in [-0.3, -0.25) is 9.59 Å². The Hall–Kier alpha value is -1.93. The molecular weight excluding hydrogens is 366 g/mol. The molecule has 8 heteroatoms. The highest BCUT2D eigenvalue weighted by atomic mass is 32.2. The van der Waals surface area contributed by atoms with Crippen LogP contribution in [-0.4, -0.2) is 55.6 Å². The summed E-state index contributed by atoms with van der Waals surface area (Å²) in [5.74, 6) is -0.374. The lowest BCUT2D eigenvalue weighted by Crippen LogP contribution is -2.47. The monoisotopic (exact) mass is 393 g/mol. The van der Waals surface area contributed by atoms with Crippen LogP contribution in [0.2, 0.25) is 0 Å². The molecule has 1 aromatic rings. The van der Waals surface area contributed by atoms with Crippen LogP contribution in [0.3, 0.4) is 0 Å². The van der Waals surface area contributed by atoms with E-state index in [1.807, 2.05) is 4.90 Å². The molecule has 2 aliphatic heterocycles. The minimum absolute atomic E-state index is 0.0932. The van der Waals surface area contributed by atoms with Gasteiger partial charge in [0.1, 0.15) is 0 Å². The van der Waals surface area contributed by atoms with Crippen molar-refractivity contribution < 1.29 is 18.0 Å². The SMILES string of the molecule is CC(=O)Nc1ccc(S(=O)(=O)N2CCC[C@H](C(=O)N3CCCCC3)C2)cc1. The fourth-order valence-electron chi connectivity index (χ4n) is 3.80. The minimum Gasteiger partial charge on any atom is -0.342 e. The van der Waals surface area contributed by atoms with Crippen LogP contribution >= 0.6 is 0 Å². The summed E-state index contributed by atoms with van der Waals surface area (Å²) in [5, 5.41) is 2.62. The first-order valence-electron chi connectivity index (χ1n) is 9.54. The Morgan fingerprint density at radius 1 is 1.00 bits per heavy atom. The lowest BCUT2D eigenvalue weighted by Gasteiger charge is -2.35. The summed E-state index contributed by atoms with van der Waals surface area (Å²) < 4.78 is 27.4. The van der Waals surface area contributed by atoms with Crippen LogP contribution in [0.4, 0.5) is 5.69 Å². The van der Waals surface area contributed by atoms with Gasteiger partial charge < -0.3 is 10.2 Å². The van der Waals surface area contributed by atoms with E-state index in [-0.39, 0.29) is 29.2 Å². The first-order chi connectivity index (χ1) is 12.9. The number of hydrogen-bond donors (Lipinski definition) is 1. The number of carbonyl (C=O) groups excluding carboxylic acids is 2. The number of sulfonamides is 1. The molecular formula is C19H27N3O4S. The molecule has 0 saturated carbocycles. The van der Waals surface area contributed by atoms with E-state index in [9.17, 15) is 18.0 Å². The molecule has 2 fully saturated rings. The number of rotatable bonds is 4. The number of benzene rings is 1. The zero-order chi connectivity index (χ0) is 19.4. The average Bonchev–Trinajstić information content (AvgIpc) is 2.68. The second-order valence-electron chi connectivity index (χ2n) is 7.29. The highest BCUT2D eigenvalue weighted by Gasteiger charge is 2.35. The molecule has 7 nitrogen and oxygen atoms in total. The van der Waals surface area contributed by atoms with Gasteiger partial charge in [-0.2, -0.15) is 4.31 Å². The zero-order valence-electron chi connectivity index (χ0n) is 15.7. The van der Waals surface area contributed by atoms with Crippen molar-refractivity contribution in [1.29, 1.82) is 0 Å². The number of nitrogens with zero attached hydrogens (tertiary/aromatic N) is 2. The van der Waals surface area contributed by atoms with Crippen molar-refractivity contribution in [3.05, 3.63) is 24.3 Å². The molecule has 0 unspecified atom stereocenters. The molecule has 0 bridgehead atoms. The molecule has 2 aliphatic rings. The molecule has 0 aromatic heterocycles. The van der Waals surface area contributed by atoms with Crippen molar-refractivity contribution in [1.82, 2.24) is 9.21 Å². The summed E-state index contributed by atoms with van der Waals surface area (Å²) in [7, 11) is -3.65.